The van der Waals surface area contributed by atoms with Gasteiger partial charge in [0, 0.05) is 13.1 Å². The second-order valence-electron chi connectivity index (χ2n) is 4.52. The van der Waals surface area contributed by atoms with Crippen LogP contribution in [0.1, 0.15) is 33.6 Å². The second kappa shape index (κ2) is 6.89. The molecule has 0 fully saturated rings. The lowest BCUT2D eigenvalue weighted by Crippen LogP contribution is -2.32. The van der Waals surface area contributed by atoms with Gasteiger partial charge >= 0.3 is 0 Å². The molecular weight excluding hydrogens is 296 g/mol. The van der Waals surface area contributed by atoms with E-state index < -0.39 is 5.60 Å². The van der Waals surface area contributed by atoms with Crippen molar-refractivity contribution in [3.8, 4) is 0 Å². The molecule has 102 valence electrons. The normalized spacial score (nSPS) is 14.1. The van der Waals surface area contributed by atoms with Crippen LogP contribution in [0.3, 0.4) is 0 Å². The Bertz CT molecular complexity index is 384. The number of hydrogen-bond acceptors (Lipinski definition) is 5. The number of halogens is 1. The van der Waals surface area contributed by atoms with Crippen LogP contribution in [0.5, 0.6) is 0 Å². The number of nitrogens with zero attached hydrogens (tertiary/aromatic N) is 2. The monoisotopic (exact) mass is 316 g/mol. The number of aromatic nitrogens is 2. The topological polar surface area (TPSA) is 70.1 Å². The molecule has 0 aliphatic rings. The van der Waals surface area contributed by atoms with Crippen molar-refractivity contribution in [1.82, 2.24) is 9.97 Å². The fourth-order valence-corrected chi connectivity index (χ4v) is 1.74. The van der Waals surface area contributed by atoms with Crippen molar-refractivity contribution in [3.05, 3.63) is 10.8 Å². The molecule has 0 aromatic carbocycles. The van der Waals surface area contributed by atoms with Crippen LogP contribution in [0.4, 0.5) is 11.6 Å². The zero-order valence-corrected chi connectivity index (χ0v) is 12.7. The molecule has 0 bridgehead atoms. The Kier molecular flexibility index (Phi) is 5.81. The van der Waals surface area contributed by atoms with E-state index in [1.165, 1.54) is 6.33 Å². The molecule has 0 saturated heterocycles. The highest BCUT2D eigenvalue weighted by molar-refractivity contribution is 9.10. The maximum Gasteiger partial charge on any atom is 0.146 e. The molecule has 1 rings (SSSR count). The van der Waals surface area contributed by atoms with E-state index in [-0.39, 0.29) is 0 Å². The SMILES string of the molecule is CCCNc1ncnc(NCC(C)(O)CC)c1Br. The summed E-state index contributed by atoms with van der Waals surface area (Å²) in [7, 11) is 0. The summed E-state index contributed by atoms with van der Waals surface area (Å²) in [6, 6.07) is 0. The van der Waals surface area contributed by atoms with Crippen molar-refractivity contribution >= 4 is 27.6 Å². The molecule has 5 nitrogen and oxygen atoms in total. The largest absolute Gasteiger partial charge is 0.388 e. The minimum Gasteiger partial charge on any atom is -0.388 e. The first-order chi connectivity index (χ1) is 8.50. The second-order valence-corrected chi connectivity index (χ2v) is 5.31. The van der Waals surface area contributed by atoms with Crippen molar-refractivity contribution in [2.24, 2.45) is 0 Å². The Labute approximate surface area is 117 Å². The summed E-state index contributed by atoms with van der Waals surface area (Å²) in [6.07, 6.45) is 3.22. The molecule has 1 atom stereocenters. The maximum atomic E-state index is 9.95. The molecular formula is C12H21BrN4O. The molecule has 6 heteroatoms. The third kappa shape index (κ3) is 4.42. The summed E-state index contributed by atoms with van der Waals surface area (Å²) in [6.45, 7) is 7.16. The first-order valence-electron chi connectivity index (χ1n) is 6.20. The molecule has 18 heavy (non-hydrogen) atoms. The summed E-state index contributed by atoms with van der Waals surface area (Å²) >= 11 is 3.47. The Hall–Kier alpha value is -0.880. The van der Waals surface area contributed by atoms with Crippen molar-refractivity contribution in [2.45, 2.75) is 39.2 Å². The van der Waals surface area contributed by atoms with Crippen LogP contribution in [0.25, 0.3) is 0 Å². The van der Waals surface area contributed by atoms with Gasteiger partial charge in [-0.1, -0.05) is 13.8 Å². The predicted octanol–water partition coefficient (Wildman–Crippen LogP) is 2.63. The molecule has 0 saturated carbocycles. The average Bonchev–Trinajstić information content (AvgIpc) is 2.36. The predicted molar refractivity (Wildman–Crippen MR) is 77.9 cm³/mol. The van der Waals surface area contributed by atoms with Crippen LogP contribution in [0.15, 0.2) is 10.8 Å². The lowest BCUT2D eigenvalue weighted by Gasteiger charge is -2.22. The van der Waals surface area contributed by atoms with E-state index in [1.807, 2.05) is 6.92 Å². The van der Waals surface area contributed by atoms with Crippen LogP contribution in [0, 0.1) is 0 Å². The van der Waals surface area contributed by atoms with Crippen LogP contribution >= 0.6 is 15.9 Å². The first-order valence-corrected chi connectivity index (χ1v) is 7.00. The fraction of sp³-hybridized carbons (Fsp3) is 0.667. The Morgan fingerprint density at radius 1 is 1.28 bits per heavy atom. The van der Waals surface area contributed by atoms with Crippen LogP contribution in [-0.4, -0.2) is 33.8 Å². The summed E-state index contributed by atoms with van der Waals surface area (Å²) in [5.41, 5.74) is -0.735. The number of aliphatic hydroxyl groups is 1. The molecule has 0 amide bonds. The molecule has 0 aliphatic carbocycles. The highest BCUT2D eigenvalue weighted by Gasteiger charge is 2.18. The minimum atomic E-state index is -0.735. The summed E-state index contributed by atoms with van der Waals surface area (Å²) in [4.78, 5) is 8.33. The summed E-state index contributed by atoms with van der Waals surface area (Å²) < 4.78 is 0.797. The average molecular weight is 317 g/mol. The molecule has 0 aliphatic heterocycles. The first kappa shape index (κ1) is 15.2. The van der Waals surface area contributed by atoms with Crippen molar-refractivity contribution in [1.29, 1.82) is 0 Å². The third-order valence-corrected chi connectivity index (χ3v) is 3.48. The van der Waals surface area contributed by atoms with Gasteiger partial charge < -0.3 is 15.7 Å². The van der Waals surface area contributed by atoms with Gasteiger partial charge in [0.2, 0.25) is 0 Å². The Morgan fingerprint density at radius 3 is 2.44 bits per heavy atom. The zero-order chi connectivity index (χ0) is 13.6. The van der Waals surface area contributed by atoms with E-state index in [0.29, 0.717) is 18.8 Å². The summed E-state index contributed by atoms with van der Waals surface area (Å²) in [5, 5.41) is 16.3. The van der Waals surface area contributed by atoms with Crippen molar-refractivity contribution < 1.29 is 5.11 Å². The Balaban J connectivity index is 2.71. The third-order valence-electron chi connectivity index (χ3n) is 2.73. The van der Waals surface area contributed by atoms with Crippen molar-refractivity contribution in [2.75, 3.05) is 23.7 Å². The number of nitrogens with one attached hydrogen (secondary N) is 2. The Morgan fingerprint density at radius 2 is 1.89 bits per heavy atom. The molecule has 1 unspecified atom stereocenters. The highest BCUT2D eigenvalue weighted by Crippen LogP contribution is 2.26. The molecule has 0 radical (unpaired) electrons. The fourth-order valence-electron chi connectivity index (χ4n) is 1.26. The van der Waals surface area contributed by atoms with Gasteiger partial charge in [0.15, 0.2) is 0 Å². The van der Waals surface area contributed by atoms with Gasteiger partial charge in [-0.3, -0.25) is 0 Å². The quantitative estimate of drug-likeness (QED) is 0.721. The standard InChI is InChI=1S/C12H21BrN4O/c1-4-6-14-10-9(13)11(17-8-16-10)15-7-12(3,18)5-2/h8,18H,4-7H2,1-3H3,(H2,14,15,16,17). The van der Waals surface area contributed by atoms with E-state index in [0.717, 1.165) is 23.3 Å². The molecule has 0 spiro atoms. The smallest absolute Gasteiger partial charge is 0.146 e. The number of rotatable bonds is 7. The highest BCUT2D eigenvalue weighted by atomic mass is 79.9. The maximum absolute atomic E-state index is 9.95. The molecule has 1 heterocycles. The molecule has 3 N–H and O–H groups in total. The van der Waals surface area contributed by atoms with Gasteiger partial charge in [-0.2, -0.15) is 0 Å². The minimum absolute atomic E-state index is 0.451. The molecule has 1 aromatic rings. The van der Waals surface area contributed by atoms with Crippen LogP contribution < -0.4 is 10.6 Å². The van der Waals surface area contributed by atoms with Gasteiger partial charge in [0.25, 0.3) is 0 Å². The van der Waals surface area contributed by atoms with Gasteiger partial charge in [0.05, 0.1) is 5.60 Å². The lowest BCUT2D eigenvalue weighted by molar-refractivity contribution is 0.0696. The van der Waals surface area contributed by atoms with Gasteiger partial charge in [-0.15, -0.1) is 0 Å². The van der Waals surface area contributed by atoms with Crippen LogP contribution in [-0.2, 0) is 0 Å². The number of hydrogen-bond donors (Lipinski definition) is 3. The lowest BCUT2D eigenvalue weighted by atomic mass is 10.0. The van der Waals surface area contributed by atoms with Gasteiger partial charge in [-0.25, -0.2) is 9.97 Å². The van der Waals surface area contributed by atoms with E-state index >= 15 is 0 Å². The van der Waals surface area contributed by atoms with E-state index in [9.17, 15) is 5.11 Å². The number of anilines is 2. The van der Waals surface area contributed by atoms with Gasteiger partial charge in [-0.05, 0) is 35.7 Å². The summed E-state index contributed by atoms with van der Waals surface area (Å²) in [5.74, 6) is 1.46. The van der Waals surface area contributed by atoms with Gasteiger partial charge in [0.1, 0.15) is 22.4 Å². The van der Waals surface area contributed by atoms with Crippen molar-refractivity contribution in [3.63, 3.8) is 0 Å². The van der Waals surface area contributed by atoms with E-state index in [1.54, 1.807) is 6.92 Å². The van der Waals surface area contributed by atoms with E-state index in [2.05, 4.69) is 43.5 Å². The zero-order valence-electron chi connectivity index (χ0n) is 11.1. The van der Waals surface area contributed by atoms with Crippen LogP contribution in [0.2, 0.25) is 0 Å². The van der Waals surface area contributed by atoms with E-state index in [4.69, 9.17) is 0 Å². The molecule has 1 aromatic heterocycles.